The number of sulfonamides is 1. The predicted octanol–water partition coefficient (Wildman–Crippen LogP) is 3.33. The van der Waals surface area contributed by atoms with E-state index in [1.165, 1.54) is 42.5 Å². The second-order valence-corrected chi connectivity index (χ2v) is 8.50. The number of carbonyl (C=O) groups excluding carboxylic acids is 1. The molecular weight excluding hydrogens is 447 g/mol. The molecule has 30 heavy (non-hydrogen) atoms. The van der Waals surface area contributed by atoms with Crippen LogP contribution in [0.2, 0.25) is 0 Å². The molecule has 0 spiro atoms. The van der Waals surface area contributed by atoms with Crippen molar-refractivity contribution in [1.82, 2.24) is 9.87 Å². The van der Waals surface area contributed by atoms with Gasteiger partial charge in [0.05, 0.1) is 22.2 Å². The van der Waals surface area contributed by atoms with Crippen LogP contribution in [0, 0.1) is 0 Å². The standard InChI is InChI=1S/C17H14F3N3O5S2/c1-27-23-30(25,26)12-5-2-10(3-6-12)15(24)22-16-21-13-7-4-11(8-14(13)29-16)28-9-17(18,19)20/h2-8,23H,9H2,1H3,(H,21,22,24). The number of fused-ring (bicyclic) bond motifs is 1. The number of benzene rings is 2. The summed E-state index contributed by atoms with van der Waals surface area (Å²) in [5.41, 5.74) is 0.654. The summed E-state index contributed by atoms with van der Waals surface area (Å²) < 4.78 is 65.7. The Labute approximate surface area is 172 Å². The molecule has 2 N–H and O–H groups in total. The number of hydrogen-bond acceptors (Lipinski definition) is 7. The zero-order chi connectivity index (χ0) is 21.9. The molecule has 1 aromatic heterocycles. The molecule has 0 unspecified atom stereocenters. The van der Waals surface area contributed by atoms with Crippen molar-refractivity contribution in [3.63, 3.8) is 0 Å². The quantitative estimate of drug-likeness (QED) is 0.523. The number of thiazole rings is 1. The number of ether oxygens (including phenoxy) is 1. The normalized spacial score (nSPS) is 12.1. The van der Waals surface area contributed by atoms with Crippen LogP contribution in [-0.2, 0) is 14.9 Å². The van der Waals surface area contributed by atoms with E-state index in [2.05, 4.69) is 15.1 Å². The van der Waals surface area contributed by atoms with Gasteiger partial charge in [0, 0.05) is 5.56 Å². The van der Waals surface area contributed by atoms with Gasteiger partial charge in [-0.1, -0.05) is 16.2 Å². The summed E-state index contributed by atoms with van der Waals surface area (Å²) in [5.74, 6) is -0.505. The number of rotatable bonds is 7. The first-order valence-corrected chi connectivity index (χ1v) is 10.4. The van der Waals surface area contributed by atoms with Crippen LogP contribution >= 0.6 is 11.3 Å². The molecular formula is C17H14F3N3O5S2. The molecule has 160 valence electrons. The maximum absolute atomic E-state index is 12.4. The third kappa shape index (κ3) is 5.44. The van der Waals surface area contributed by atoms with Gasteiger partial charge in [0.1, 0.15) is 5.75 Å². The number of anilines is 1. The summed E-state index contributed by atoms with van der Waals surface area (Å²) in [4.78, 5) is 22.7. The molecule has 8 nitrogen and oxygen atoms in total. The Kier molecular flexibility index (Phi) is 6.26. The van der Waals surface area contributed by atoms with Crippen LogP contribution in [0.3, 0.4) is 0 Å². The predicted molar refractivity (Wildman–Crippen MR) is 103 cm³/mol. The molecule has 3 aromatic rings. The Bertz CT molecular complexity index is 1160. The second kappa shape index (κ2) is 8.55. The minimum Gasteiger partial charge on any atom is -0.484 e. The van der Waals surface area contributed by atoms with Gasteiger partial charge in [0.2, 0.25) is 0 Å². The van der Waals surface area contributed by atoms with Crippen molar-refractivity contribution < 1.29 is 36.0 Å². The number of nitrogens with zero attached hydrogens (tertiary/aromatic N) is 1. The lowest BCUT2D eigenvalue weighted by molar-refractivity contribution is -0.153. The van der Waals surface area contributed by atoms with E-state index in [9.17, 15) is 26.4 Å². The number of amides is 1. The first-order chi connectivity index (χ1) is 14.1. The average Bonchev–Trinajstić information content (AvgIpc) is 3.07. The number of carbonyl (C=O) groups is 1. The fourth-order valence-corrected chi connectivity index (χ4v) is 4.03. The Morgan fingerprint density at radius 3 is 2.50 bits per heavy atom. The van der Waals surface area contributed by atoms with Crippen LogP contribution in [0.25, 0.3) is 10.2 Å². The van der Waals surface area contributed by atoms with Gasteiger partial charge in [-0.15, -0.1) is 0 Å². The van der Waals surface area contributed by atoms with E-state index in [1.54, 1.807) is 0 Å². The lowest BCUT2D eigenvalue weighted by Gasteiger charge is -2.08. The number of aromatic nitrogens is 1. The van der Waals surface area contributed by atoms with E-state index in [-0.39, 0.29) is 21.3 Å². The summed E-state index contributed by atoms with van der Waals surface area (Å²) in [6.45, 7) is -1.41. The van der Waals surface area contributed by atoms with Gasteiger partial charge in [0.25, 0.3) is 15.9 Å². The zero-order valence-electron chi connectivity index (χ0n) is 15.2. The summed E-state index contributed by atoms with van der Waals surface area (Å²) in [5, 5.41) is 2.79. The molecule has 0 fully saturated rings. The first kappa shape index (κ1) is 22.0. The fraction of sp³-hybridized carbons (Fsp3) is 0.176. The van der Waals surface area contributed by atoms with Crippen molar-refractivity contribution in [2.75, 3.05) is 19.0 Å². The van der Waals surface area contributed by atoms with Gasteiger partial charge in [-0.2, -0.15) is 13.2 Å². The minimum atomic E-state index is -4.45. The number of alkyl halides is 3. The third-order valence-corrected chi connectivity index (χ3v) is 5.82. The van der Waals surface area contributed by atoms with Gasteiger partial charge < -0.3 is 4.74 Å². The highest BCUT2D eigenvalue weighted by atomic mass is 32.2. The largest absolute Gasteiger partial charge is 0.484 e. The van der Waals surface area contributed by atoms with Crippen LogP contribution in [0.4, 0.5) is 18.3 Å². The van der Waals surface area contributed by atoms with Gasteiger partial charge in [0.15, 0.2) is 11.7 Å². The van der Waals surface area contributed by atoms with Crippen LogP contribution in [0.1, 0.15) is 10.4 Å². The van der Waals surface area contributed by atoms with E-state index in [0.29, 0.717) is 10.2 Å². The highest BCUT2D eigenvalue weighted by Gasteiger charge is 2.28. The highest BCUT2D eigenvalue weighted by molar-refractivity contribution is 7.89. The van der Waals surface area contributed by atoms with Gasteiger partial charge in [-0.25, -0.2) is 13.4 Å². The van der Waals surface area contributed by atoms with Crippen LogP contribution in [0.5, 0.6) is 5.75 Å². The summed E-state index contributed by atoms with van der Waals surface area (Å²) in [6, 6.07) is 9.34. The summed E-state index contributed by atoms with van der Waals surface area (Å²) >= 11 is 1.06. The molecule has 0 bridgehead atoms. The van der Waals surface area contributed by atoms with Crippen molar-refractivity contribution in [3.8, 4) is 5.75 Å². The Morgan fingerprint density at radius 2 is 1.87 bits per heavy atom. The van der Waals surface area contributed by atoms with Crippen molar-refractivity contribution in [1.29, 1.82) is 0 Å². The molecule has 0 aliphatic carbocycles. The molecule has 0 aliphatic heterocycles. The van der Waals surface area contributed by atoms with Crippen molar-refractivity contribution in [3.05, 3.63) is 48.0 Å². The second-order valence-electron chi connectivity index (χ2n) is 5.82. The molecule has 0 aliphatic rings. The van der Waals surface area contributed by atoms with Crippen LogP contribution in [0.15, 0.2) is 47.4 Å². The molecule has 1 amide bonds. The van der Waals surface area contributed by atoms with Gasteiger partial charge >= 0.3 is 6.18 Å². The topological polar surface area (TPSA) is 107 Å². The SMILES string of the molecule is CONS(=O)(=O)c1ccc(C(=O)Nc2nc3ccc(OCC(F)(F)F)cc3s2)cc1. The minimum absolute atomic E-state index is 0.0304. The molecule has 2 aromatic carbocycles. The molecule has 0 radical (unpaired) electrons. The van der Waals surface area contributed by atoms with Crippen LogP contribution in [-0.4, -0.2) is 39.2 Å². The maximum Gasteiger partial charge on any atom is 0.422 e. The van der Waals surface area contributed by atoms with E-state index in [0.717, 1.165) is 18.4 Å². The van der Waals surface area contributed by atoms with Crippen LogP contribution < -0.4 is 14.9 Å². The summed E-state index contributed by atoms with van der Waals surface area (Å²) in [6.07, 6.45) is -4.45. The van der Waals surface area contributed by atoms with E-state index >= 15 is 0 Å². The first-order valence-electron chi connectivity index (χ1n) is 8.14. The number of hydrogen-bond donors (Lipinski definition) is 2. The monoisotopic (exact) mass is 461 g/mol. The smallest absolute Gasteiger partial charge is 0.422 e. The lowest BCUT2D eigenvalue weighted by atomic mass is 10.2. The van der Waals surface area contributed by atoms with Crippen molar-refractivity contribution in [2.45, 2.75) is 11.1 Å². The zero-order valence-corrected chi connectivity index (χ0v) is 16.8. The highest BCUT2D eigenvalue weighted by Crippen LogP contribution is 2.30. The molecule has 0 saturated heterocycles. The third-order valence-electron chi connectivity index (χ3n) is 3.60. The molecule has 3 rings (SSSR count). The molecule has 13 heteroatoms. The lowest BCUT2D eigenvalue weighted by Crippen LogP contribution is -2.22. The summed E-state index contributed by atoms with van der Waals surface area (Å²) in [7, 11) is -2.69. The van der Waals surface area contributed by atoms with Crippen molar-refractivity contribution >= 4 is 42.6 Å². The number of nitrogens with one attached hydrogen (secondary N) is 2. The van der Waals surface area contributed by atoms with E-state index < -0.39 is 28.7 Å². The van der Waals surface area contributed by atoms with Gasteiger partial charge in [-0.3, -0.25) is 14.9 Å². The number of halogens is 3. The fourth-order valence-electron chi connectivity index (χ4n) is 2.33. The average molecular weight is 461 g/mol. The molecule has 0 atom stereocenters. The van der Waals surface area contributed by atoms with Gasteiger partial charge in [-0.05, 0) is 42.5 Å². The van der Waals surface area contributed by atoms with E-state index in [4.69, 9.17) is 4.74 Å². The molecule has 0 saturated carbocycles. The molecule has 1 heterocycles. The van der Waals surface area contributed by atoms with Crippen molar-refractivity contribution in [2.24, 2.45) is 0 Å². The maximum atomic E-state index is 12.4. The Balaban J connectivity index is 1.72. The Hall–Kier alpha value is -2.74. The van der Waals surface area contributed by atoms with E-state index in [1.807, 2.05) is 4.89 Å². The Morgan fingerprint density at radius 1 is 1.17 bits per heavy atom.